The summed E-state index contributed by atoms with van der Waals surface area (Å²) in [4.78, 5) is 39.1. The lowest BCUT2D eigenvalue weighted by Gasteiger charge is -2.55. The second-order valence-corrected chi connectivity index (χ2v) is 18.3. The van der Waals surface area contributed by atoms with Crippen LogP contribution in [-0.4, -0.2) is 37.2 Å². The van der Waals surface area contributed by atoms with Crippen LogP contribution < -0.4 is 0 Å². The second kappa shape index (κ2) is 30.9. The standard InChI is InChI=1S/C50H86O6/c1-3-5-7-9-11-13-15-17-19-21-23-25-27-29-31-33-47(51)54-41-46(42-55-49(53)50-38-43-35-44(39-50)37-45(36-43)40-50)56-48(52)34-32-30-28-26-24-22-20-18-16-14-12-10-8-6-4-2/h17-20,43-46H,3-16,21-42H2,1-2H3/b19-17-,20-18-/t43?,44?,45?,46-,50?/m1/s1/i49+2. The maximum atomic E-state index is 13.5. The van der Waals surface area contributed by atoms with E-state index in [0.29, 0.717) is 30.6 Å². The minimum Gasteiger partial charge on any atom is -0.462 e. The highest BCUT2D eigenvalue weighted by Gasteiger charge is 2.55. The second-order valence-electron chi connectivity index (χ2n) is 18.3. The Morgan fingerprint density at radius 2 is 0.911 bits per heavy atom. The van der Waals surface area contributed by atoms with E-state index in [2.05, 4.69) is 38.2 Å². The van der Waals surface area contributed by atoms with E-state index in [1.807, 2.05) is 0 Å². The molecular formula is C50H86O6. The maximum Gasteiger partial charge on any atom is 0.312 e. The Labute approximate surface area is 344 Å². The average molecular weight is 785 g/mol. The number of hydrogen-bond acceptors (Lipinski definition) is 6. The molecule has 4 aliphatic rings. The molecule has 0 aromatic rings. The Hall–Kier alpha value is -2.11. The minimum atomic E-state index is -0.762. The molecule has 4 aliphatic carbocycles. The van der Waals surface area contributed by atoms with Crippen LogP contribution in [0, 0.1) is 23.2 Å². The fraction of sp³-hybridized carbons (Fsp3) is 0.860. The first kappa shape index (κ1) is 48.3. The molecule has 0 radical (unpaired) electrons. The lowest BCUT2D eigenvalue weighted by molar-refractivity contribution is -0.180. The highest BCUT2D eigenvalue weighted by atomic mass is 16.8. The van der Waals surface area contributed by atoms with Gasteiger partial charge in [0.2, 0.25) is 0 Å². The van der Waals surface area contributed by atoms with Crippen molar-refractivity contribution < 1.29 is 28.6 Å². The van der Waals surface area contributed by atoms with E-state index in [1.54, 1.807) is 0 Å². The van der Waals surface area contributed by atoms with Crippen LogP contribution in [0.1, 0.15) is 232 Å². The average Bonchev–Trinajstić information content (AvgIpc) is 3.18. The van der Waals surface area contributed by atoms with E-state index in [-0.39, 0.29) is 36.5 Å². The zero-order chi connectivity index (χ0) is 39.9. The molecule has 1 atom stereocenters. The number of ether oxygens (including phenoxy) is 3. The molecule has 0 aromatic heterocycles. The Balaban J connectivity index is 1.28. The van der Waals surface area contributed by atoms with Crippen molar-refractivity contribution in [2.75, 3.05) is 13.2 Å². The van der Waals surface area contributed by atoms with Crippen molar-refractivity contribution in [3.05, 3.63) is 24.3 Å². The van der Waals surface area contributed by atoms with Gasteiger partial charge in [-0.05, 0) is 120 Å². The third-order valence-corrected chi connectivity index (χ3v) is 12.9. The van der Waals surface area contributed by atoms with E-state index in [4.69, 9.17) is 14.2 Å². The molecule has 0 spiro atoms. The largest absolute Gasteiger partial charge is 0.462 e. The van der Waals surface area contributed by atoms with Crippen molar-refractivity contribution >= 4 is 17.9 Å². The first-order valence-electron chi connectivity index (χ1n) is 24.3. The predicted octanol–water partition coefficient (Wildman–Crippen LogP) is 14.3. The smallest absolute Gasteiger partial charge is 0.312 e. The zero-order valence-electron chi connectivity index (χ0n) is 36.5. The summed E-state index contributed by atoms with van der Waals surface area (Å²) in [6.45, 7) is 4.43. The van der Waals surface area contributed by atoms with Gasteiger partial charge in [0, 0.05) is 12.8 Å². The van der Waals surface area contributed by atoms with E-state index in [0.717, 1.165) is 70.6 Å². The minimum absolute atomic E-state index is 0.0423. The molecule has 0 saturated heterocycles. The molecule has 322 valence electrons. The summed E-state index contributed by atoms with van der Waals surface area (Å²) in [5.74, 6) is 1.23. The van der Waals surface area contributed by atoms with Gasteiger partial charge >= 0.3 is 17.9 Å². The third kappa shape index (κ3) is 21.6. The molecule has 4 rings (SSSR count). The van der Waals surface area contributed by atoms with Crippen LogP contribution >= 0.6 is 0 Å². The number of rotatable bonds is 36. The van der Waals surface area contributed by atoms with Crippen LogP contribution in [0.25, 0.3) is 0 Å². The van der Waals surface area contributed by atoms with E-state index in [9.17, 15) is 14.4 Å². The molecule has 4 fully saturated rings. The normalized spacial score (nSPS) is 21.9. The third-order valence-electron chi connectivity index (χ3n) is 12.9. The Morgan fingerprint density at radius 3 is 1.34 bits per heavy atom. The van der Waals surface area contributed by atoms with Crippen LogP contribution in [0.2, 0.25) is 0 Å². The van der Waals surface area contributed by atoms with Crippen LogP contribution in [0.3, 0.4) is 0 Å². The maximum absolute atomic E-state index is 13.5. The Kier molecular flexibility index (Phi) is 26.6. The number of allylic oxidation sites excluding steroid dienone is 4. The van der Waals surface area contributed by atoms with Gasteiger partial charge in [0.05, 0.1) is 5.41 Å². The molecule has 0 unspecified atom stereocenters. The fourth-order valence-electron chi connectivity index (χ4n) is 9.98. The topological polar surface area (TPSA) is 78.9 Å². The molecule has 4 saturated carbocycles. The first-order chi connectivity index (χ1) is 27.4. The SMILES string of the molecule is CCCCCCCC/C=C\CCCCCCCC(=O)OC[C@H](CO[14C](=O)C12CC3CC(CC(C3)C1)C2)OC(=O)CCCCCCC/C=C\CCCCCCCC. The van der Waals surface area contributed by atoms with Gasteiger partial charge in [-0.1, -0.05) is 141 Å². The molecular weight excluding hydrogens is 699 g/mol. The van der Waals surface area contributed by atoms with E-state index < -0.39 is 6.10 Å². The van der Waals surface area contributed by atoms with Crippen molar-refractivity contribution in [1.82, 2.24) is 0 Å². The van der Waals surface area contributed by atoms with Gasteiger partial charge in [0.1, 0.15) is 13.2 Å². The fourth-order valence-corrected chi connectivity index (χ4v) is 9.98. The highest BCUT2D eigenvalue weighted by molar-refractivity contribution is 5.77. The summed E-state index contributed by atoms with van der Waals surface area (Å²) >= 11 is 0. The monoisotopic (exact) mass is 785 g/mol. The molecule has 0 amide bonds. The van der Waals surface area contributed by atoms with Crippen LogP contribution in [0.15, 0.2) is 24.3 Å². The van der Waals surface area contributed by atoms with Gasteiger partial charge in [0.25, 0.3) is 0 Å². The number of carbonyl (C=O) groups excluding carboxylic acids is 3. The Morgan fingerprint density at radius 1 is 0.536 bits per heavy atom. The molecule has 6 nitrogen and oxygen atoms in total. The number of esters is 3. The Bertz CT molecular complexity index is 1060. The summed E-state index contributed by atoms with van der Waals surface area (Å²) < 4.78 is 17.4. The van der Waals surface area contributed by atoms with Gasteiger partial charge in [-0.3, -0.25) is 14.4 Å². The van der Waals surface area contributed by atoms with Crippen molar-refractivity contribution in [3.63, 3.8) is 0 Å². The van der Waals surface area contributed by atoms with Crippen molar-refractivity contribution in [2.45, 2.75) is 238 Å². The highest BCUT2D eigenvalue weighted by Crippen LogP contribution is 2.60. The van der Waals surface area contributed by atoms with Gasteiger partial charge < -0.3 is 14.2 Å². The molecule has 0 aliphatic heterocycles. The molecule has 0 aromatic carbocycles. The predicted molar refractivity (Wildman–Crippen MR) is 231 cm³/mol. The van der Waals surface area contributed by atoms with Crippen molar-refractivity contribution in [1.29, 1.82) is 0 Å². The van der Waals surface area contributed by atoms with Gasteiger partial charge in [-0.15, -0.1) is 0 Å². The summed E-state index contributed by atoms with van der Waals surface area (Å²) in [7, 11) is 0. The van der Waals surface area contributed by atoms with Crippen LogP contribution in [-0.2, 0) is 28.6 Å². The summed E-state index contributed by atoms with van der Waals surface area (Å²) in [6.07, 6.45) is 47.3. The zero-order valence-corrected chi connectivity index (χ0v) is 36.5. The van der Waals surface area contributed by atoms with Gasteiger partial charge in [-0.2, -0.15) is 0 Å². The van der Waals surface area contributed by atoms with E-state index >= 15 is 0 Å². The van der Waals surface area contributed by atoms with Gasteiger partial charge in [-0.25, -0.2) is 0 Å². The molecule has 0 heterocycles. The molecule has 6 heteroatoms. The summed E-state index contributed by atoms with van der Waals surface area (Å²) in [5, 5.41) is 0. The molecule has 4 bridgehead atoms. The van der Waals surface area contributed by atoms with Crippen molar-refractivity contribution in [2.24, 2.45) is 23.2 Å². The quantitative estimate of drug-likeness (QED) is 0.0272. The van der Waals surface area contributed by atoms with Crippen LogP contribution in [0.4, 0.5) is 0 Å². The van der Waals surface area contributed by atoms with Crippen molar-refractivity contribution in [3.8, 4) is 0 Å². The lowest BCUT2D eigenvalue weighted by Crippen LogP contribution is -2.51. The van der Waals surface area contributed by atoms with Crippen LogP contribution in [0.5, 0.6) is 0 Å². The number of carbonyl (C=O) groups is 3. The summed E-state index contributed by atoms with van der Waals surface area (Å²) in [6, 6.07) is 0. The molecule has 56 heavy (non-hydrogen) atoms. The lowest BCUT2D eigenvalue weighted by atomic mass is 9.53. The summed E-state index contributed by atoms with van der Waals surface area (Å²) in [5.41, 5.74) is -0.368. The molecule has 0 N–H and O–H groups in total. The number of hydrogen-bond donors (Lipinski definition) is 0. The number of unbranched alkanes of at least 4 members (excludes halogenated alkanes) is 22. The van der Waals surface area contributed by atoms with Gasteiger partial charge in [0.15, 0.2) is 6.10 Å². The van der Waals surface area contributed by atoms with E-state index in [1.165, 1.54) is 135 Å². The first-order valence-corrected chi connectivity index (χ1v) is 24.3.